The first kappa shape index (κ1) is 26.4. The number of aromatic hydroxyl groups is 3. The fourth-order valence-electron chi connectivity index (χ4n) is 3.65. The molecule has 9 heteroatoms. The molecule has 0 radical (unpaired) electrons. The first-order chi connectivity index (χ1) is 18.2. The number of benzene rings is 4. The molecule has 0 aromatic heterocycles. The molecular weight excluding hydrogens is 512 g/mol. The van der Waals surface area contributed by atoms with Crippen LogP contribution in [-0.2, 0) is 18.0 Å². The molecule has 8 nitrogen and oxygen atoms in total. The molecule has 0 fully saturated rings. The van der Waals surface area contributed by atoms with E-state index in [9.17, 15) is 24.9 Å². The summed E-state index contributed by atoms with van der Waals surface area (Å²) in [6, 6.07) is 21.3. The van der Waals surface area contributed by atoms with Gasteiger partial charge in [-0.2, -0.15) is 0 Å². The minimum Gasteiger partial charge on any atom is -0.507 e. The Kier molecular flexibility index (Phi) is 8.03. The normalized spacial score (nSPS) is 10.6. The second-order valence-corrected chi connectivity index (χ2v) is 8.65. The van der Waals surface area contributed by atoms with Gasteiger partial charge in [0.25, 0.3) is 0 Å². The molecule has 4 rings (SSSR count). The summed E-state index contributed by atoms with van der Waals surface area (Å²) >= 11 is 6.39. The molecule has 0 aliphatic rings. The molecule has 194 valence electrons. The number of carbonyl (C=O) groups is 2. The summed E-state index contributed by atoms with van der Waals surface area (Å²) in [7, 11) is 0. The van der Waals surface area contributed by atoms with Crippen LogP contribution in [0, 0.1) is 6.92 Å². The Balaban J connectivity index is 1.48. The third-order valence-corrected chi connectivity index (χ3v) is 6.05. The van der Waals surface area contributed by atoms with Crippen LogP contribution >= 0.6 is 11.6 Å². The van der Waals surface area contributed by atoms with Crippen molar-refractivity contribution >= 4 is 23.5 Å². The maximum absolute atomic E-state index is 12.9. The minimum absolute atomic E-state index is 0.0698. The molecule has 0 aliphatic heterocycles. The van der Waals surface area contributed by atoms with Gasteiger partial charge in [-0.05, 0) is 23.6 Å². The Hall–Kier alpha value is -4.69. The van der Waals surface area contributed by atoms with Gasteiger partial charge >= 0.3 is 11.9 Å². The predicted molar refractivity (Wildman–Crippen MR) is 139 cm³/mol. The second-order valence-electron chi connectivity index (χ2n) is 8.27. The van der Waals surface area contributed by atoms with Crippen molar-refractivity contribution in [1.82, 2.24) is 0 Å². The first-order valence-corrected chi connectivity index (χ1v) is 11.8. The van der Waals surface area contributed by atoms with Gasteiger partial charge in [0.2, 0.25) is 0 Å². The highest BCUT2D eigenvalue weighted by atomic mass is 35.5. The number of carbonyl (C=O) groups excluding carboxylic acids is 2. The molecule has 0 heterocycles. The third-order valence-electron chi connectivity index (χ3n) is 5.58. The summed E-state index contributed by atoms with van der Waals surface area (Å²) in [6.07, 6.45) is 0. The number of hydrogen-bond donors (Lipinski definition) is 3. The lowest BCUT2D eigenvalue weighted by atomic mass is 10.1. The molecule has 0 spiro atoms. The molecule has 38 heavy (non-hydrogen) atoms. The largest absolute Gasteiger partial charge is 0.507 e. The lowest BCUT2D eigenvalue weighted by Crippen LogP contribution is -2.12. The highest BCUT2D eigenvalue weighted by molar-refractivity contribution is 6.33. The van der Waals surface area contributed by atoms with E-state index in [4.69, 9.17) is 25.8 Å². The maximum atomic E-state index is 12.9. The van der Waals surface area contributed by atoms with Gasteiger partial charge in [-0.15, -0.1) is 0 Å². The van der Waals surface area contributed by atoms with Crippen molar-refractivity contribution in [1.29, 1.82) is 0 Å². The topological polar surface area (TPSA) is 123 Å². The Morgan fingerprint density at radius 3 is 1.84 bits per heavy atom. The van der Waals surface area contributed by atoms with Crippen molar-refractivity contribution in [2.24, 2.45) is 0 Å². The van der Waals surface area contributed by atoms with Crippen molar-refractivity contribution in [2.45, 2.75) is 20.1 Å². The zero-order chi connectivity index (χ0) is 27.2. The number of esters is 2. The van der Waals surface area contributed by atoms with Gasteiger partial charge in [0.1, 0.15) is 53.1 Å². The lowest BCUT2D eigenvalue weighted by Gasteiger charge is -2.15. The highest BCUT2D eigenvalue weighted by Gasteiger charge is 2.25. The number of rotatable bonds is 8. The zero-order valence-electron chi connectivity index (χ0n) is 20.2. The second kappa shape index (κ2) is 11.6. The highest BCUT2D eigenvalue weighted by Crippen LogP contribution is 2.38. The molecule has 4 aromatic rings. The molecule has 0 aliphatic carbocycles. The van der Waals surface area contributed by atoms with Gasteiger partial charge in [-0.3, -0.25) is 0 Å². The van der Waals surface area contributed by atoms with E-state index in [2.05, 4.69) is 0 Å². The van der Waals surface area contributed by atoms with Crippen LogP contribution in [0.25, 0.3) is 0 Å². The van der Waals surface area contributed by atoms with Gasteiger partial charge in [-0.25, -0.2) is 9.59 Å². The quantitative estimate of drug-likeness (QED) is 0.188. The van der Waals surface area contributed by atoms with E-state index in [1.54, 1.807) is 24.3 Å². The van der Waals surface area contributed by atoms with Crippen molar-refractivity contribution in [2.75, 3.05) is 0 Å². The monoisotopic (exact) mass is 534 g/mol. The van der Waals surface area contributed by atoms with E-state index in [1.165, 1.54) is 13.0 Å². The van der Waals surface area contributed by atoms with Crippen LogP contribution in [0.3, 0.4) is 0 Å². The van der Waals surface area contributed by atoms with E-state index in [0.717, 1.165) is 23.3 Å². The Bertz CT molecular complexity index is 1450. The Morgan fingerprint density at radius 2 is 1.26 bits per heavy atom. The molecule has 4 aromatic carbocycles. The average Bonchev–Trinajstić information content (AvgIpc) is 2.89. The standard InChI is InChI=1S/C29H23ClO8/c1-17-25(23(33)14-24(27(17)30)36-15-18-8-4-2-5-9-18)29(35)38-20-12-21(31)26(22(32)13-20)28(34)37-16-19-10-6-3-7-11-19/h2-14,31-33H,15-16H2,1H3. The molecule has 0 bridgehead atoms. The third kappa shape index (κ3) is 5.99. The van der Waals surface area contributed by atoms with E-state index in [0.29, 0.717) is 0 Å². The van der Waals surface area contributed by atoms with Crippen LogP contribution in [0.4, 0.5) is 0 Å². The number of ether oxygens (including phenoxy) is 3. The predicted octanol–water partition coefficient (Wildman–Crippen LogP) is 5.92. The Labute approximate surface area is 223 Å². The van der Waals surface area contributed by atoms with Crippen molar-refractivity contribution in [3.63, 3.8) is 0 Å². The van der Waals surface area contributed by atoms with Gasteiger partial charge in [0, 0.05) is 18.2 Å². The molecule has 3 N–H and O–H groups in total. The number of phenols is 3. The fourth-order valence-corrected chi connectivity index (χ4v) is 3.86. The summed E-state index contributed by atoms with van der Waals surface area (Å²) in [5.74, 6) is -3.82. The number of phenolic OH excluding ortho intramolecular Hbond substituents is 3. The summed E-state index contributed by atoms with van der Waals surface area (Å²) < 4.78 is 16.1. The molecular formula is C29H23ClO8. The van der Waals surface area contributed by atoms with Crippen molar-refractivity contribution in [3.8, 4) is 28.7 Å². The first-order valence-electron chi connectivity index (χ1n) is 11.4. The fraction of sp³-hybridized carbons (Fsp3) is 0.103. The van der Waals surface area contributed by atoms with Crippen LogP contribution in [0.15, 0.2) is 78.9 Å². The molecule has 0 saturated heterocycles. The maximum Gasteiger partial charge on any atom is 0.347 e. The van der Waals surface area contributed by atoms with Gasteiger partial charge in [-0.1, -0.05) is 72.3 Å². The summed E-state index contributed by atoms with van der Waals surface area (Å²) in [5, 5.41) is 31.3. The zero-order valence-corrected chi connectivity index (χ0v) is 20.9. The van der Waals surface area contributed by atoms with E-state index < -0.39 is 34.8 Å². The summed E-state index contributed by atoms with van der Waals surface area (Å²) in [4.78, 5) is 25.3. The van der Waals surface area contributed by atoms with E-state index >= 15 is 0 Å². The molecule has 0 saturated carbocycles. The minimum atomic E-state index is -1.00. The van der Waals surface area contributed by atoms with Crippen LogP contribution in [0.1, 0.15) is 37.4 Å². The molecule has 0 atom stereocenters. The van der Waals surface area contributed by atoms with Crippen LogP contribution < -0.4 is 9.47 Å². The van der Waals surface area contributed by atoms with E-state index in [1.807, 2.05) is 36.4 Å². The summed E-state index contributed by atoms with van der Waals surface area (Å²) in [6.45, 7) is 1.64. The summed E-state index contributed by atoms with van der Waals surface area (Å²) in [5.41, 5.74) is 1.09. The van der Waals surface area contributed by atoms with Crippen LogP contribution in [0.2, 0.25) is 5.02 Å². The van der Waals surface area contributed by atoms with Crippen molar-refractivity contribution < 1.29 is 39.1 Å². The van der Waals surface area contributed by atoms with Crippen molar-refractivity contribution in [3.05, 3.63) is 112 Å². The van der Waals surface area contributed by atoms with E-state index in [-0.39, 0.29) is 40.9 Å². The van der Waals surface area contributed by atoms with Crippen LogP contribution in [0.5, 0.6) is 28.7 Å². The van der Waals surface area contributed by atoms with Gasteiger partial charge in [0.15, 0.2) is 0 Å². The average molecular weight is 535 g/mol. The molecule has 0 amide bonds. The SMILES string of the molecule is Cc1c(Cl)c(OCc2ccccc2)cc(O)c1C(=O)Oc1cc(O)c(C(=O)OCc2ccccc2)c(O)c1. The van der Waals surface area contributed by atoms with Crippen LogP contribution in [-0.4, -0.2) is 27.3 Å². The lowest BCUT2D eigenvalue weighted by molar-refractivity contribution is 0.0466. The Morgan fingerprint density at radius 1 is 0.737 bits per heavy atom. The smallest absolute Gasteiger partial charge is 0.347 e. The molecule has 0 unspecified atom stereocenters. The van der Waals surface area contributed by atoms with Gasteiger partial charge < -0.3 is 29.5 Å². The van der Waals surface area contributed by atoms with Gasteiger partial charge in [0.05, 0.1) is 5.02 Å². The number of hydrogen-bond acceptors (Lipinski definition) is 8. The number of halogens is 1.